The molecule has 10 heteroatoms. The summed E-state index contributed by atoms with van der Waals surface area (Å²) in [5.41, 5.74) is 1.73. The monoisotopic (exact) mass is 424 g/mol. The van der Waals surface area contributed by atoms with Gasteiger partial charge in [0.15, 0.2) is 0 Å². The number of hydrogen-bond acceptors (Lipinski definition) is 6. The molecule has 2 N–H and O–H groups in total. The van der Waals surface area contributed by atoms with E-state index in [0.717, 1.165) is 17.3 Å². The third-order valence-corrected chi connectivity index (χ3v) is 6.25. The number of aromatic nitrogens is 2. The molecule has 1 heterocycles. The van der Waals surface area contributed by atoms with Crippen LogP contribution in [0.2, 0.25) is 5.02 Å². The molecular weight excluding hydrogens is 408 g/mol. The summed E-state index contributed by atoms with van der Waals surface area (Å²) in [6, 6.07) is 12.1. The number of nitrogens with one attached hydrogen (secondary N) is 2. The Morgan fingerprint density at radius 3 is 2.74 bits per heavy atom. The van der Waals surface area contributed by atoms with Crippen molar-refractivity contribution in [2.24, 2.45) is 0 Å². The molecule has 0 radical (unpaired) electrons. The van der Waals surface area contributed by atoms with Gasteiger partial charge in [0.2, 0.25) is 15.9 Å². The lowest BCUT2D eigenvalue weighted by atomic mass is 10.2. The maximum Gasteiger partial charge on any atom is 0.242 e. The molecule has 0 fully saturated rings. The molecule has 2 aromatic carbocycles. The van der Waals surface area contributed by atoms with Gasteiger partial charge in [-0.05, 0) is 30.2 Å². The van der Waals surface area contributed by atoms with Crippen molar-refractivity contribution in [3.63, 3.8) is 0 Å². The average molecular weight is 425 g/mol. The summed E-state index contributed by atoms with van der Waals surface area (Å²) in [5, 5.41) is 3.37. The summed E-state index contributed by atoms with van der Waals surface area (Å²) in [5.74, 6) is -0.167. The Kier molecular flexibility index (Phi) is 6.38. The fourth-order valence-corrected chi connectivity index (χ4v) is 4.50. The first-order valence-electron chi connectivity index (χ1n) is 8.18. The zero-order valence-corrected chi connectivity index (χ0v) is 16.6. The normalized spacial score (nSPS) is 11.6. The Labute approximate surface area is 166 Å². The van der Waals surface area contributed by atoms with Gasteiger partial charge >= 0.3 is 0 Å². The quantitative estimate of drug-likeness (QED) is 0.541. The van der Waals surface area contributed by atoms with E-state index < -0.39 is 10.0 Å². The van der Waals surface area contributed by atoms with Gasteiger partial charge in [-0.3, -0.25) is 4.79 Å². The molecule has 0 aliphatic rings. The number of fused-ring (bicyclic) bond motifs is 1. The zero-order chi connectivity index (χ0) is 19.3. The Bertz CT molecular complexity index is 1050. The lowest BCUT2D eigenvalue weighted by Crippen LogP contribution is -2.27. The second-order valence-electron chi connectivity index (χ2n) is 5.76. The second-order valence-corrected chi connectivity index (χ2v) is 8.43. The highest BCUT2D eigenvalue weighted by Crippen LogP contribution is 2.20. The minimum absolute atomic E-state index is 0.0944. The van der Waals surface area contributed by atoms with Crippen molar-refractivity contribution in [2.45, 2.75) is 24.3 Å². The summed E-state index contributed by atoms with van der Waals surface area (Å²) >= 11 is 7.00. The van der Waals surface area contributed by atoms with Crippen LogP contribution in [0.1, 0.15) is 18.4 Å². The highest BCUT2D eigenvalue weighted by atomic mass is 35.5. The number of amides is 1. The minimum atomic E-state index is -3.71. The third-order valence-electron chi connectivity index (χ3n) is 3.85. The van der Waals surface area contributed by atoms with E-state index in [1.807, 2.05) is 18.2 Å². The van der Waals surface area contributed by atoms with Crippen molar-refractivity contribution < 1.29 is 13.2 Å². The fraction of sp³-hybridized carbons (Fsp3) is 0.235. The SMILES string of the molecule is O=C(CCCNS(=O)(=O)c1cccc2nsnc12)NCc1ccccc1Cl. The molecule has 0 bridgehead atoms. The van der Waals surface area contributed by atoms with Gasteiger partial charge in [0.25, 0.3) is 0 Å². The molecule has 142 valence electrons. The fourth-order valence-electron chi connectivity index (χ4n) is 2.46. The molecule has 27 heavy (non-hydrogen) atoms. The number of sulfonamides is 1. The van der Waals surface area contributed by atoms with Crippen LogP contribution in [0.25, 0.3) is 11.0 Å². The maximum atomic E-state index is 12.4. The summed E-state index contributed by atoms with van der Waals surface area (Å²) < 4.78 is 35.5. The van der Waals surface area contributed by atoms with Gasteiger partial charge in [0.1, 0.15) is 15.9 Å². The topological polar surface area (TPSA) is 101 Å². The third kappa shape index (κ3) is 5.01. The largest absolute Gasteiger partial charge is 0.352 e. The summed E-state index contributed by atoms with van der Waals surface area (Å²) in [7, 11) is -3.71. The van der Waals surface area contributed by atoms with Crippen LogP contribution in [0, 0.1) is 0 Å². The number of benzene rings is 2. The number of hydrogen-bond donors (Lipinski definition) is 2. The van der Waals surface area contributed by atoms with Crippen LogP contribution in [0.15, 0.2) is 47.4 Å². The summed E-state index contributed by atoms with van der Waals surface area (Å²) in [6.07, 6.45) is 0.578. The van der Waals surface area contributed by atoms with E-state index in [1.54, 1.807) is 18.2 Å². The van der Waals surface area contributed by atoms with Gasteiger partial charge in [0.05, 0.1) is 11.7 Å². The second kappa shape index (κ2) is 8.75. The molecule has 3 rings (SSSR count). The highest BCUT2D eigenvalue weighted by molar-refractivity contribution is 7.89. The van der Waals surface area contributed by atoms with Crippen LogP contribution >= 0.6 is 23.3 Å². The van der Waals surface area contributed by atoms with E-state index in [9.17, 15) is 13.2 Å². The Balaban J connectivity index is 1.47. The van der Waals surface area contributed by atoms with Crippen molar-refractivity contribution in [3.05, 3.63) is 53.1 Å². The van der Waals surface area contributed by atoms with Crippen LogP contribution in [-0.2, 0) is 21.4 Å². The molecule has 0 aliphatic carbocycles. The molecule has 0 spiro atoms. The molecule has 0 aliphatic heterocycles. The number of rotatable bonds is 8. The van der Waals surface area contributed by atoms with Gasteiger partial charge < -0.3 is 5.32 Å². The standard InChI is InChI=1S/C17H17ClN4O3S2/c18-13-6-2-1-5-12(13)11-19-16(23)9-4-10-20-27(24,25)15-8-3-7-14-17(15)22-26-21-14/h1-3,5-8,20H,4,9-11H2,(H,19,23). The first kappa shape index (κ1) is 19.7. The maximum absolute atomic E-state index is 12.4. The van der Waals surface area contributed by atoms with Crippen molar-refractivity contribution in [3.8, 4) is 0 Å². The van der Waals surface area contributed by atoms with Gasteiger partial charge in [-0.2, -0.15) is 8.75 Å². The van der Waals surface area contributed by atoms with E-state index in [2.05, 4.69) is 18.8 Å². The Hall–Kier alpha value is -2.07. The first-order valence-corrected chi connectivity index (χ1v) is 10.8. The zero-order valence-electron chi connectivity index (χ0n) is 14.2. The van der Waals surface area contributed by atoms with E-state index in [-0.39, 0.29) is 23.8 Å². The molecule has 1 aromatic heterocycles. The summed E-state index contributed by atoms with van der Waals surface area (Å²) in [4.78, 5) is 12.0. The molecule has 0 saturated carbocycles. The van der Waals surface area contributed by atoms with Crippen LogP contribution in [0.5, 0.6) is 0 Å². The van der Waals surface area contributed by atoms with Crippen LogP contribution in [-0.4, -0.2) is 29.6 Å². The van der Waals surface area contributed by atoms with E-state index in [0.29, 0.717) is 29.0 Å². The number of halogens is 1. The molecule has 0 unspecified atom stereocenters. The van der Waals surface area contributed by atoms with Crippen molar-refractivity contribution in [1.29, 1.82) is 0 Å². The average Bonchev–Trinajstić information content (AvgIpc) is 3.13. The molecule has 7 nitrogen and oxygen atoms in total. The lowest BCUT2D eigenvalue weighted by Gasteiger charge is -2.08. The van der Waals surface area contributed by atoms with E-state index in [1.165, 1.54) is 6.07 Å². The minimum Gasteiger partial charge on any atom is -0.352 e. The number of nitrogens with zero attached hydrogens (tertiary/aromatic N) is 2. The first-order chi connectivity index (χ1) is 13.0. The molecule has 3 aromatic rings. The predicted octanol–water partition coefficient (Wildman–Crippen LogP) is 2.72. The number of carbonyl (C=O) groups excluding carboxylic acids is 1. The van der Waals surface area contributed by atoms with Crippen LogP contribution < -0.4 is 10.0 Å². The predicted molar refractivity (Wildman–Crippen MR) is 105 cm³/mol. The Morgan fingerprint density at radius 2 is 1.93 bits per heavy atom. The van der Waals surface area contributed by atoms with Gasteiger partial charge in [-0.15, -0.1) is 0 Å². The van der Waals surface area contributed by atoms with Crippen molar-refractivity contribution >= 4 is 50.3 Å². The van der Waals surface area contributed by atoms with Crippen LogP contribution in [0.3, 0.4) is 0 Å². The lowest BCUT2D eigenvalue weighted by molar-refractivity contribution is -0.121. The van der Waals surface area contributed by atoms with Gasteiger partial charge in [-0.1, -0.05) is 35.9 Å². The van der Waals surface area contributed by atoms with E-state index >= 15 is 0 Å². The van der Waals surface area contributed by atoms with Gasteiger partial charge in [-0.25, -0.2) is 13.1 Å². The van der Waals surface area contributed by atoms with Gasteiger partial charge in [0, 0.05) is 24.5 Å². The van der Waals surface area contributed by atoms with E-state index in [4.69, 9.17) is 11.6 Å². The smallest absolute Gasteiger partial charge is 0.242 e. The number of carbonyl (C=O) groups is 1. The van der Waals surface area contributed by atoms with Crippen LogP contribution in [0.4, 0.5) is 0 Å². The molecule has 1 amide bonds. The molecule has 0 atom stereocenters. The highest BCUT2D eigenvalue weighted by Gasteiger charge is 2.19. The molecular formula is C17H17ClN4O3S2. The Morgan fingerprint density at radius 1 is 1.11 bits per heavy atom. The molecule has 0 saturated heterocycles. The summed E-state index contributed by atoms with van der Waals surface area (Å²) in [6.45, 7) is 0.485. The van der Waals surface area contributed by atoms with Crippen molar-refractivity contribution in [2.75, 3.05) is 6.54 Å². The van der Waals surface area contributed by atoms with Crippen molar-refractivity contribution in [1.82, 2.24) is 18.8 Å².